The fourth-order valence-electron chi connectivity index (χ4n) is 3.08. The Hall–Kier alpha value is -1.38. The predicted octanol–water partition coefficient (Wildman–Crippen LogP) is 1.33. The Balaban J connectivity index is 1.76. The fourth-order valence-corrected chi connectivity index (χ4v) is 3.57. The molecule has 2 atom stereocenters. The van der Waals surface area contributed by atoms with Gasteiger partial charge in [0.15, 0.2) is 0 Å². The van der Waals surface area contributed by atoms with Gasteiger partial charge in [-0.05, 0) is 12.8 Å². The van der Waals surface area contributed by atoms with Crippen LogP contribution < -0.4 is 0 Å². The summed E-state index contributed by atoms with van der Waals surface area (Å²) < 4.78 is 0. The summed E-state index contributed by atoms with van der Waals surface area (Å²) in [5, 5.41) is 18.4. The van der Waals surface area contributed by atoms with Crippen molar-refractivity contribution in [3.05, 3.63) is 0 Å². The normalized spacial score (nSPS) is 19.5. The standard InChI is InChI=1S/C16H24N6S2/c17-9-13(11-23)15-19-3-7-21(15)5-1-2-6-22-8-4-20-16(22)14(10-18)12-24/h13-14,23-24H,1-8,11-12H2. The maximum atomic E-state index is 9.19. The van der Waals surface area contributed by atoms with Crippen LogP contribution in [0.5, 0.6) is 0 Å². The van der Waals surface area contributed by atoms with Crippen molar-refractivity contribution in [3.8, 4) is 12.1 Å². The number of hydrogen-bond acceptors (Lipinski definition) is 8. The van der Waals surface area contributed by atoms with E-state index in [0.29, 0.717) is 11.5 Å². The van der Waals surface area contributed by atoms with E-state index in [1.807, 2.05) is 0 Å². The third-order valence-electron chi connectivity index (χ3n) is 4.34. The van der Waals surface area contributed by atoms with Crippen LogP contribution in [0.1, 0.15) is 12.8 Å². The highest BCUT2D eigenvalue weighted by atomic mass is 32.1. The highest BCUT2D eigenvalue weighted by Gasteiger charge is 2.25. The van der Waals surface area contributed by atoms with Gasteiger partial charge in [-0.3, -0.25) is 9.98 Å². The van der Waals surface area contributed by atoms with Gasteiger partial charge >= 0.3 is 0 Å². The highest BCUT2D eigenvalue weighted by Crippen LogP contribution is 2.15. The summed E-state index contributed by atoms with van der Waals surface area (Å²) in [6.07, 6.45) is 2.07. The Morgan fingerprint density at radius 3 is 1.62 bits per heavy atom. The molecule has 0 aromatic rings. The SMILES string of the molecule is N#CC(CS)C1=NCCN1CCCCN1CCN=C1C(C#N)CS. The van der Waals surface area contributed by atoms with Gasteiger partial charge in [-0.2, -0.15) is 35.8 Å². The van der Waals surface area contributed by atoms with Gasteiger partial charge in [0.2, 0.25) is 0 Å². The zero-order chi connectivity index (χ0) is 17.4. The van der Waals surface area contributed by atoms with E-state index in [0.717, 1.165) is 63.8 Å². The zero-order valence-electron chi connectivity index (χ0n) is 13.8. The summed E-state index contributed by atoms with van der Waals surface area (Å²) in [5.74, 6) is 2.41. The van der Waals surface area contributed by atoms with Gasteiger partial charge in [-0.1, -0.05) is 0 Å². The molecule has 0 bridgehead atoms. The first-order chi connectivity index (χ1) is 11.7. The Bertz CT molecular complexity index is 512. The molecule has 2 aliphatic rings. The molecule has 0 saturated heterocycles. The van der Waals surface area contributed by atoms with Gasteiger partial charge in [-0.25, -0.2) is 0 Å². The van der Waals surface area contributed by atoms with Gasteiger partial charge < -0.3 is 9.80 Å². The molecule has 24 heavy (non-hydrogen) atoms. The molecule has 0 aliphatic carbocycles. The minimum Gasteiger partial charge on any atom is -0.357 e. The largest absolute Gasteiger partial charge is 0.357 e. The Morgan fingerprint density at radius 2 is 1.29 bits per heavy atom. The van der Waals surface area contributed by atoms with Gasteiger partial charge in [0.05, 0.1) is 25.2 Å². The van der Waals surface area contributed by atoms with Crippen LogP contribution in [-0.4, -0.2) is 72.2 Å². The van der Waals surface area contributed by atoms with Crippen molar-refractivity contribution in [1.29, 1.82) is 10.5 Å². The molecule has 8 heteroatoms. The van der Waals surface area contributed by atoms with E-state index in [4.69, 9.17) is 0 Å². The molecule has 2 unspecified atom stereocenters. The van der Waals surface area contributed by atoms with Crippen molar-refractivity contribution >= 4 is 36.9 Å². The number of hydrogen-bond donors (Lipinski definition) is 2. The maximum absolute atomic E-state index is 9.19. The summed E-state index contributed by atoms with van der Waals surface area (Å²) in [5.41, 5.74) is 0. The molecule has 0 saturated carbocycles. The van der Waals surface area contributed by atoms with E-state index >= 15 is 0 Å². The van der Waals surface area contributed by atoms with Crippen LogP contribution in [-0.2, 0) is 0 Å². The lowest BCUT2D eigenvalue weighted by atomic mass is 10.1. The molecule has 2 rings (SSSR count). The summed E-state index contributed by atoms with van der Waals surface area (Å²) in [7, 11) is 0. The van der Waals surface area contributed by atoms with Crippen molar-refractivity contribution in [2.24, 2.45) is 21.8 Å². The van der Waals surface area contributed by atoms with Crippen LogP contribution in [0.2, 0.25) is 0 Å². The van der Waals surface area contributed by atoms with Crippen LogP contribution in [0.15, 0.2) is 9.98 Å². The van der Waals surface area contributed by atoms with E-state index < -0.39 is 0 Å². The number of aliphatic imine (C=N–C) groups is 2. The third kappa shape index (κ3) is 4.58. The summed E-state index contributed by atoms with van der Waals surface area (Å²) in [6.45, 7) is 5.17. The average Bonchev–Trinajstić information content (AvgIpc) is 3.24. The Kier molecular flexibility index (Phi) is 7.74. The molecule has 2 aliphatic heterocycles. The smallest absolute Gasteiger partial charge is 0.117 e. The second-order valence-corrected chi connectivity index (χ2v) is 6.62. The molecule has 0 aromatic carbocycles. The van der Waals surface area contributed by atoms with Crippen molar-refractivity contribution < 1.29 is 0 Å². The molecule has 130 valence electrons. The highest BCUT2D eigenvalue weighted by molar-refractivity contribution is 7.80. The van der Waals surface area contributed by atoms with Crippen molar-refractivity contribution in [3.63, 3.8) is 0 Å². The summed E-state index contributed by atoms with van der Waals surface area (Å²) in [4.78, 5) is 13.4. The number of amidine groups is 2. The molecule has 0 N–H and O–H groups in total. The zero-order valence-corrected chi connectivity index (χ0v) is 15.6. The predicted molar refractivity (Wildman–Crippen MR) is 103 cm³/mol. The number of thiol groups is 2. The maximum Gasteiger partial charge on any atom is 0.117 e. The van der Waals surface area contributed by atoms with Crippen LogP contribution in [0.3, 0.4) is 0 Å². The van der Waals surface area contributed by atoms with Gasteiger partial charge in [-0.15, -0.1) is 0 Å². The van der Waals surface area contributed by atoms with Crippen LogP contribution in [0.4, 0.5) is 0 Å². The first-order valence-electron chi connectivity index (χ1n) is 8.34. The molecule has 6 nitrogen and oxygen atoms in total. The van der Waals surface area contributed by atoms with Crippen LogP contribution in [0, 0.1) is 34.5 Å². The monoisotopic (exact) mass is 364 g/mol. The lowest BCUT2D eigenvalue weighted by Gasteiger charge is -2.25. The Morgan fingerprint density at radius 1 is 0.875 bits per heavy atom. The number of nitriles is 2. The molecule has 0 spiro atoms. The van der Waals surface area contributed by atoms with Crippen molar-refractivity contribution in [2.45, 2.75) is 12.8 Å². The molecule has 2 heterocycles. The van der Waals surface area contributed by atoms with Gasteiger partial charge in [0.25, 0.3) is 0 Å². The molecular weight excluding hydrogens is 340 g/mol. The van der Waals surface area contributed by atoms with Crippen LogP contribution in [0.25, 0.3) is 0 Å². The lowest BCUT2D eigenvalue weighted by molar-refractivity contribution is 0.386. The first kappa shape index (κ1) is 19.0. The molecule has 0 radical (unpaired) electrons. The lowest BCUT2D eigenvalue weighted by Crippen LogP contribution is -2.36. The topological polar surface area (TPSA) is 78.8 Å². The van der Waals surface area contributed by atoms with E-state index in [9.17, 15) is 10.5 Å². The van der Waals surface area contributed by atoms with Crippen LogP contribution >= 0.6 is 25.3 Å². The summed E-state index contributed by atoms with van der Waals surface area (Å²) in [6, 6.07) is 4.56. The van der Waals surface area contributed by atoms with E-state index in [2.05, 4.69) is 57.2 Å². The number of rotatable bonds is 9. The minimum atomic E-state index is -0.208. The van der Waals surface area contributed by atoms with Gasteiger partial charge in [0, 0.05) is 37.7 Å². The quantitative estimate of drug-likeness (QED) is 0.478. The molecule has 0 fully saturated rings. The average molecular weight is 365 g/mol. The van der Waals surface area contributed by atoms with Gasteiger partial charge in [0.1, 0.15) is 23.5 Å². The third-order valence-corrected chi connectivity index (χ3v) is 5.07. The second-order valence-electron chi connectivity index (χ2n) is 5.89. The minimum absolute atomic E-state index is 0.208. The van der Waals surface area contributed by atoms with E-state index in [1.54, 1.807) is 0 Å². The fraction of sp³-hybridized carbons (Fsp3) is 0.750. The van der Waals surface area contributed by atoms with Crippen molar-refractivity contribution in [2.75, 3.05) is 50.8 Å². The van der Waals surface area contributed by atoms with E-state index in [1.165, 1.54) is 0 Å². The van der Waals surface area contributed by atoms with E-state index in [-0.39, 0.29) is 11.8 Å². The molecule has 0 aromatic heterocycles. The second kappa shape index (κ2) is 9.80. The summed E-state index contributed by atoms with van der Waals surface area (Å²) >= 11 is 8.49. The first-order valence-corrected chi connectivity index (χ1v) is 9.61. The number of unbranched alkanes of at least 4 members (excludes halogenated alkanes) is 1. The molecular formula is C16H24N6S2. The number of nitrogens with zero attached hydrogens (tertiary/aromatic N) is 6. The Labute approximate surface area is 155 Å². The molecule has 0 amide bonds. The van der Waals surface area contributed by atoms with Crippen molar-refractivity contribution in [1.82, 2.24) is 9.80 Å².